The smallest absolute Gasteiger partial charge is 0.276 e. The second-order valence-corrected chi connectivity index (χ2v) is 6.32. The van der Waals surface area contributed by atoms with Gasteiger partial charge in [0.1, 0.15) is 0 Å². The van der Waals surface area contributed by atoms with Crippen molar-refractivity contribution < 1.29 is 19.2 Å². The van der Waals surface area contributed by atoms with Gasteiger partial charge < -0.3 is 0 Å². The summed E-state index contributed by atoms with van der Waals surface area (Å²) in [5.74, 6) is -3.35. The number of amides is 5. The number of rotatable bonds is 4. The Bertz CT molecular complexity index is 982. The molecule has 1 unspecified atom stereocenters. The maximum atomic E-state index is 12.7. The highest BCUT2D eigenvalue weighted by Gasteiger charge is 2.40. The fourth-order valence-electron chi connectivity index (χ4n) is 2.70. The highest BCUT2D eigenvalue weighted by molar-refractivity contribution is 6.32. The first-order chi connectivity index (χ1) is 13.4. The molecule has 1 atom stereocenters. The summed E-state index contributed by atoms with van der Waals surface area (Å²) in [5, 5.41) is 5.86. The van der Waals surface area contributed by atoms with Gasteiger partial charge in [-0.2, -0.15) is 5.10 Å². The van der Waals surface area contributed by atoms with Crippen molar-refractivity contribution in [2.24, 2.45) is 11.0 Å². The van der Waals surface area contributed by atoms with Crippen LogP contribution in [0.4, 0.5) is 10.5 Å². The number of aryl methyl sites for hydroxylation is 2. The number of hydrazone groups is 1. The second-order valence-electron chi connectivity index (χ2n) is 6.32. The average Bonchev–Trinajstić information content (AvgIpc) is 2.66. The van der Waals surface area contributed by atoms with E-state index >= 15 is 0 Å². The van der Waals surface area contributed by atoms with Crippen LogP contribution >= 0.6 is 0 Å². The van der Waals surface area contributed by atoms with Gasteiger partial charge in [0.05, 0.1) is 5.69 Å². The van der Waals surface area contributed by atoms with Crippen LogP contribution < -0.4 is 15.6 Å². The number of benzene rings is 2. The normalized spacial score (nSPS) is 17.0. The summed E-state index contributed by atoms with van der Waals surface area (Å²) in [5.41, 5.74) is 4.74. The van der Waals surface area contributed by atoms with Crippen LogP contribution in [0, 0.1) is 19.8 Å². The minimum Gasteiger partial charge on any atom is -0.276 e. The van der Waals surface area contributed by atoms with E-state index in [0.29, 0.717) is 16.8 Å². The fourth-order valence-corrected chi connectivity index (χ4v) is 2.70. The summed E-state index contributed by atoms with van der Waals surface area (Å²) in [6.07, 6.45) is 1.02. The van der Waals surface area contributed by atoms with Crippen molar-refractivity contribution >= 4 is 35.7 Å². The Labute approximate surface area is 161 Å². The number of urea groups is 1. The lowest BCUT2D eigenvalue weighted by Gasteiger charge is -2.29. The zero-order valence-electron chi connectivity index (χ0n) is 15.3. The van der Waals surface area contributed by atoms with E-state index in [0.717, 1.165) is 16.7 Å². The van der Waals surface area contributed by atoms with E-state index in [4.69, 9.17) is 0 Å². The standard InChI is InChI=1S/C20H18N4O4/c1-12-7-9-14(10-8-12)17(25)23-21-11-15-18(26)22-20(28)24(19(15)27)16-6-4-3-5-13(16)2/h3-11,15H,1-2H3,(H,23,25)(H,22,26,28). The molecular weight excluding hydrogens is 360 g/mol. The first kappa shape index (κ1) is 19.0. The Morgan fingerprint density at radius 2 is 1.75 bits per heavy atom. The topological polar surface area (TPSA) is 108 Å². The Balaban J connectivity index is 1.76. The quantitative estimate of drug-likeness (QED) is 0.481. The molecule has 0 aliphatic carbocycles. The van der Waals surface area contributed by atoms with Crippen molar-refractivity contribution in [3.8, 4) is 0 Å². The molecule has 8 heteroatoms. The van der Waals surface area contributed by atoms with Gasteiger partial charge in [-0.05, 0) is 37.6 Å². The molecule has 0 aromatic heterocycles. The van der Waals surface area contributed by atoms with E-state index in [1.54, 1.807) is 55.5 Å². The lowest BCUT2D eigenvalue weighted by molar-refractivity contribution is -0.131. The number of nitrogens with one attached hydrogen (secondary N) is 2. The highest BCUT2D eigenvalue weighted by Crippen LogP contribution is 2.23. The SMILES string of the molecule is Cc1ccc(C(=O)NN=CC2C(=O)NC(=O)N(c3ccccc3C)C2=O)cc1. The molecule has 0 radical (unpaired) electrons. The summed E-state index contributed by atoms with van der Waals surface area (Å²) in [6, 6.07) is 12.8. The molecule has 28 heavy (non-hydrogen) atoms. The first-order valence-corrected chi connectivity index (χ1v) is 8.53. The van der Waals surface area contributed by atoms with Gasteiger partial charge in [0.25, 0.3) is 11.8 Å². The molecule has 0 spiro atoms. The third-order valence-electron chi connectivity index (χ3n) is 4.26. The number of hydrogen-bond acceptors (Lipinski definition) is 5. The molecule has 5 amide bonds. The van der Waals surface area contributed by atoms with E-state index in [2.05, 4.69) is 15.8 Å². The van der Waals surface area contributed by atoms with Crippen LogP contribution in [-0.4, -0.2) is 30.0 Å². The lowest BCUT2D eigenvalue weighted by Crippen LogP contribution is -2.59. The Kier molecular flexibility index (Phi) is 5.30. The summed E-state index contributed by atoms with van der Waals surface area (Å²) in [6.45, 7) is 3.64. The maximum absolute atomic E-state index is 12.7. The van der Waals surface area contributed by atoms with Crippen LogP contribution in [0.3, 0.4) is 0 Å². The number of para-hydroxylation sites is 1. The number of anilines is 1. The molecule has 1 aliphatic heterocycles. The summed E-state index contributed by atoms with van der Waals surface area (Å²) >= 11 is 0. The van der Waals surface area contributed by atoms with Crippen LogP contribution in [0.1, 0.15) is 21.5 Å². The third-order valence-corrected chi connectivity index (χ3v) is 4.26. The van der Waals surface area contributed by atoms with Gasteiger partial charge in [-0.15, -0.1) is 0 Å². The third kappa shape index (κ3) is 3.80. The molecule has 1 saturated heterocycles. The van der Waals surface area contributed by atoms with E-state index < -0.39 is 29.7 Å². The van der Waals surface area contributed by atoms with Crippen LogP contribution in [-0.2, 0) is 9.59 Å². The number of nitrogens with zero attached hydrogens (tertiary/aromatic N) is 2. The predicted molar refractivity (Wildman–Crippen MR) is 103 cm³/mol. The van der Waals surface area contributed by atoms with E-state index in [1.807, 2.05) is 6.92 Å². The van der Waals surface area contributed by atoms with Gasteiger partial charge in [-0.3, -0.25) is 19.7 Å². The van der Waals surface area contributed by atoms with Gasteiger partial charge >= 0.3 is 6.03 Å². The molecule has 1 fully saturated rings. The molecule has 8 nitrogen and oxygen atoms in total. The van der Waals surface area contributed by atoms with Gasteiger partial charge in [0.15, 0.2) is 5.92 Å². The van der Waals surface area contributed by atoms with Crippen LogP contribution in [0.25, 0.3) is 0 Å². The van der Waals surface area contributed by atoms with Crippen LogP contribution in [0.5, 0.6) is 0 Å². The fraction of sp³-hybridized carbons (Fsp3) is 0.150. The van der Waals surface area contributed by atoms with Crippen LogP contribution in [0.2, 0.25) is 0 Å². The molecule has 1 aliphatic rings. The van der Waals surface area contributed by atoms with E-state index in [-0.39, 0.29) is 0 Å². The Morgan fingerprint density at radius 3 is 2.43 bits per heavy atom. The van der Waals surface area contributed by atoms with Crippen molar-refractivity contribution in [2.45, 2.75) is 13.8 Å². The summed E-state index contributed by atoms with van der Waals surface area (Å²) in [4.78, 5) is 49.9. The molecule has 2 N–H and O–H groups in total. The number of barbiturate groups is 1. The first-order valence-electron chi connectivity index (χ1n) is 8.53. The van der Waals surface area contributed by atoms with Gasteiger partial charge in [0, 0.05) is 11.8 Å². The maximum Gasteiger partial charge on any atom is 0.335 e. The van der Waals surface area contributed by atoms with Crippen molar-refractivity contribution in [3.63, 3.8) is 0 Å². The predicted octanol–water partition coefficient (Wildman–Crippen LogP) is 1.92. The number of imide groups is 2. The number of hydrogen-bond donors (Lipinski definition) is 2. The van der Waals surface area contributed by atoms with Crippen molar-refractivity contribution in [1.82, 2.24) is 10.7 Å². The second kappa shape index (κ2) is 7.83. The highest BCUT2D eigenvalue weighted by atomic mass is 16.2. The number of carbonyl (C=O) groups excluding carboxylic acids is 4. The molecule has 142 valence electrons. The van der Waals surface area contributed by atoms with Crippen LogP contribution in [0.15, 0.2) is 53.6 Å². The molecule has 2 aromatic rings. The molecular formula is C20H18N4O4. The van der Waals surface area contributed by atoms with Gasteiger partial charge in [-0.1, -0.05) is 35.9 Å². The Hall–Kier alpha value is -3.81. The van der Waals surface area contributed by atoms with Gasteiger partial charge in [0.2, 0.25) is 5.91 Å². The largest absolute Gasteiger partial charge is 0.335 e. The van der Waals surface area contributed by atoms with E-state index in [1.165, 1.54) is 0 Å². The zero-order chi connectivity index (χ0) is 20.3. The molecule has 0 saturated carbocycles. The van der Waals surface area contributed by atoms with Gasteiger partial charge in [-0.25, -0.2) is 15.1 Å². The van der Waals surface area contributed by atoms with Crippen molar-refractivity contribution in [2.75, 3.05) is 4.90 Å². The molecule has 1 heterocycles. The minimum absolute atomic E-state index is 0.375. The summed E-state index contributed by atoms with van der Waals surface area (Å²) in [7, 11) is 0. The zero-order valence-corrected chi connectivity index (χ0v) is 15.3. The monoisotopic (exact) mass is 378 g/mol. The number of carbonyl (C=O) groups is 4. The van der Waals surface area contributed by atoms with Crippen molar-refractivity contribution in [1.29, 1.82) is 0 Å². The van der Waals surface area contributed by atoms with E-state index in [9.17, 15) is 19.2 Å². The summed E-state index contributed by atoms with van der Waals surface area (Å²) < 4.78 is 0. The lowest BCUT2D eigenvalue weighted by atomic mass is 10.0. The molecule has 2 aromatic carbocycles. The van der Waals surface area contributed by atoms with Crippen molar-refractivity contribution in [3.05, 3.63) is 65.2 Å². The Morgan fingerprint density at radius 1 is 1.07 bits per heavy atom. The average molecular weight is 378 g/mol. The molecule has 3 rings (SSSR count). The minimum atomic E-state index is -1.34. The molecule has 0 bridgehead atoms.